The van der Waals surface area contributed by atoms with Crippen LogP contribution in [0.1, 0.15) is 47.3 Å². The zero-order valence-electron chi connectivity index (χ0n) is 34.1. The van der Waals surface area contributed by atoms with Gasteiger partial charge in [-0.3, -0.25) is 25.2 Å². The summed E-state index contributed by atoms with van der Waals surface area (Å²) in [5.41, 5.74) is 15.1. The number of aliphatic hydroxyl groups excluding tert-OH is 10. The van der Waals surface area contributed by atoms with Gasteiger partial charge in [0.1, 0.15) is 36.6 Å². The number of aryl methyl sites for hydroxylation is 2. The first kappa shape index (κ1) is 51.7. The zero-order valence-corrected chi connectivity index (χ0v) is 34.8. The fourth-order valence-corrected chi connectivity index (χ4v) is 6.35. The van der Waals surface area contributed by atoms with E-state index in [0.717, 1.165) is 41.5 Å². The highest BCUT2D eigenvalue weighted by Gasteiger charge is 2.34. The number of halogens is 1. The van der Waals surface area contributed by atoms with E-state index in [-0.39, 0.29) is 60.3 Å². The van der Waals surface area contributed by atoms with Gasteiger partial charge in [0.15, 0.2) is 28.4 Å². The van der Waals surface area contributed by atoms with Crippen molar-refractivity contribution in [1.82, 2.24) is 30.8 Å². The maximum Gasteiger partial charge on any atom is 0.280 e. The molecule has 0 radical (unpaired) electrons. The standard InChI is InChI=1S/C40H60ClN9O12/c41-36-38(43)48-37(42)31(47-36)39(62)49-40(44)46-15-2-1-4-22-5-10-24(11-6-22)25-12-7-23(8-13-25)9-14-30(57)45-16-3-17-50(18-26(53)32(58)34(60)28(55)20-51)19-27(54)33(59)35(61)29(56)21-52/h5-8,10-13,26-29,32-35,51-56,58-61H,1-4,9,14-21H2,(H,45,57)(H4,42,43,48)(H3,44,46,49,62). The largest absolute Gasteiger partial charge is 0.394 e. The molecule has 0 aliphatic heterocycles. The first-order valence-corrected chi connectivity index (χ1v) is 20.4. The molecular weight excluding hydrogens is 834 g/mol. The van der Waals surface area contributed by atoms with Crippen molar-refractivity contribution < 1.29 is 60.7 Å². The molecule has 3 rings (SSSR count). The minimum absolute atomic E-state index is 0.0805. The SMILES string of the molecule is N=C(NCCCCc1ccc(-c2ccc(CCC(=O)NCCCN(CC(O)C(O)C(O)C(O)CO)CC(O)C(O)C(O)C(O)CO)cc2)cc1)NC(=O)c1nc(Cl)c(N)nc1N. The van der Waals surface area contributed by atoms with Crippen LogP contribution in [-0.4, -0.2) is 178 Å². The molecule has 0 aliphatic carbocycles. The molecule has 0 spiro atoms. The van der Waals surface area contributed by atoms with E-state index in [4.69, 9.17) is 38.7 Å². The average molecular weight is 894 g/mol. The van der Waals surface area contributed by atoms with E-state index in [0.29, 0.717) is 13.0 Å². The third kappa shape index (κ3) is 16.6. The summed E-state index contributed by atoms with van der Waals surface area (Å²) in [7, 11) is 0. The number of nitrogens with one attached hydrogen (secondary N) is 4. The Bertz CT molecular complexity index is 1820. The lowest BCUT2D eigenvalue weighted by Gasteiger charge is -2.33. The van der Waals surface area contributed by atoms with Crippen molar-refractivity contribution in [2.24, 2.45) is 0 Å². The van der Waals surface area contributed by atoms with Crippen LogP contribution >= 0.6 is 11.6 Å². The number of carbonyl (C=O) groups is 2. The normalized spacial score (nSPS) is 15.5. The predicted octanol–water partition coefficient (Wildman–Crippen LogP) is -3.15. The van der Waals surface area contributed by atoms with Crippen LogP contribution in [0.4, 0.5) is 11.6 Å². The monoisotopic (exact) mass is 893 g/mol. The summed E-state index contributed by atoms with van der Waals surface area (Å²) in [6, 6.07) is 16.0. The van der Waals surface area contributed by atoms with Gasteiger partial charge in [0, 0.05) is 39.1 Å². The smallest absolute Gasteiger partial charge is 0.280 e. The molecule has 8 unspecified atom stereocenters. The van der Waals surface area contributed by atoms with Crippen LogP contribution in [-0.2, 0) is 17.6 Å². The summed E-state index contributed by atoms with van der Waals surface area (Å²) in [5, 5.41) is 115. The van der Waals surface area contributed by atoms with Gasteiger partial charge in [-0.05, 0) is 54.4 Å². The molecule has 62 heavy (non-hydrogen) atoms. The van der Waals surface area contributed by atoms with Crippen LogP contribution in [0.25, 0.3) is 11.1 Å². The fraction of sp³-hybridized carbons (Fsp3) is 0.525. The van der Waals surface area contributed by atoms with Gasteiger partial charge >= 0.3 is 0 Å². The number of hydrogen-bond donors (Lipinski definition) is 16. The van der Waals surface area contributed by atoms with Crippen LogP contribution in [0.5, 0.6) is 0 Å². The second-order valence-corrected chi connectivity index (χ2v) is 15.2. The maximum atomic E-state index is 12.6. The van der Waals surface area contributed by atoms with Crippen molar-refractivity contribution in [2.45, 2.75) is 87.4 Å². The molecule has 8 atom stereocenters. The van der Waals surface area contributed by atoms with E-state index < -0.39 is 81.0 Å². The lowest BCUT2D eigenvalue weighted by atomic mass is 9.99. The molecule has 1 heterocycles. The first-order valence-electron chi connectivity index (χ1n) is 20.0. The molecular formula is C40H60ClN9O12. The highest BCUT2D eigenvalue weighted by Crippen LogP contribution is 2.22. The summed E-state index contributed by atoms with van der Waals surface area (Å²) in [6.07, 6.45) is -11.1. The van der Waals surface area contributed by atoms with Crippen molar-refractivity contribution in [2.75, 3.05) is 57.4 Å². The summed E-state index contributed by atoms with van der Waals surface area (Å²) in [5.74, 6) is -1.49. The fourth-order valence-electron chi connectivity index (χ4n) is 6.23. The Morgan fingerprint density at radius 2 is 1.15 bits per heavy atom. The molecule has 1 aromatic heterocycles. The number of nitrogens with zero attached hydrogens (tertiary/aromatic N) is 3. The highest BCUT2D eigenvalue weighted by molar-refractivity contribution is 6.31. The number of rotatable bonds is 26. The molecule has 0 fully saturated rings. The topological polar surface area (TPSA) is 377 Å². The maximum absolute atomic E-state index is 12.6. The van der Waals surface area contributed by atoms with Crippen molar-refractivity contribution in [3.8, 4) is 11.1 Å². The van der Waals surface area contributed by atoms with Gasteiger partial charge in [-0.15, -0.1) is 0 Å². The Hall–Kier alpha value is -4.62. The van der Waals surface area contributed by atoms with E-state index >= 15 is 0 Å². The Morgan fingerprint density at radius 3 is 1.66 bits per heavy atom. The highest BCUT2D eigenvalue weighted by atomic mass is 35.5. The second kappa shape index (κ2) is 26.1. The lowest BCUT2D eigenvalue weighted by Crippen LogP contribution is -2.53. The molecule has 18 N–H and O–H groups in total. The number of guanidine groups is 1. The predicted molar refractivity (Wildman–Crippen MR) is 228 cm³/mol. The molecule has 3 aromatic rings. The van der Waals surface area contributed by atoms with Crippen LogP contribution < -0.4 is 27.4 Å². The van der Waals surface area contributed by atoms with E-state index in [9.17, 15) is 50.4 Å². The molecule has 2 amide bonds. The third-order valence-electron chi connectivity index (χ3n) is 9.95. The third-order valence-corrected chi connectivity index (χ3v) is 10.2. The Morgan fingerprint density at radius 1 is 0.661 bits per heavy atom. The van der Waals surface area contributed by atoms with Crippen molar-refractivity contribution in [1.29, 1.82) is 5.41 Å². The second-order valence-electron chi connectivity index (χ2n) is 14.8. The molecule has 0 bridgehead atoms. The number of nitrogen functional groups attached to an aromatic ring is 2. The van der Waals surface area contributed by atoms with E-state index in [1.807, 2.05) is 48.5 Å². The molecule has 21 nitrogen and oxygen atoms in total. The number of carbonyl (C=O) groups excluding carboxylic acids is 2. The first-order chi connectivity index (χ1) is 29.4. The van der Waals surface area contributed by atoms with Gasteiger partial charge in [-0.2, -0.15) is 0 Å². The summed E-state index contributed by atoms with van der Waals surface area (Å²) in [6.45, 7) is -1.85. The molecule has 0 saturated carbocycles. The molecule has 0 saturated heterocycles. The van der Waals surface area contributed by atoms with Crippen LogP contribution in [0.15, 0.2) is 48.5 Å². The number of benzene rings is 2. The zero-order chi connectivity index (χ0) is 45.9. The Kier molecular flexibility index (Phi) is 21.8. The summed E-state index contributed by atoms with van der Waals surface area (Å²) < 4.78 is 0. The molecule has 0 aliphatic rings. The van der Waals surface area contributed by atoms with Gasteiger partial charge in [-0.1, -0.05) is 60.1 Å². The molecule has 2 aromatic carbocycles. The van der Waals surface area contributed by atoms with Crippen LogP contribution in [0.2, 0.25) is 5.15 Å². The number of aromatic nitrogens is 2. The Labute approximate surface area is 363 Å². The summed E-state index contributed by atoms with van der Waals surface area (Å²) >= 11 is 5.82. The van der Waals surface area contributed by atoms with Gasteiger partial charge in [0.2, 0.25) is 5.91 Å². The molecule has 22 heteroatoms. The van der Waals surface area contributed by atoms with Crippen LogP contribution in [0, 0.1) is 5.41 Å². The van der Waals surface area contributed by atoms with Crippen molar-refractivity contribution in [3.05, 3.63) is 70.5 Å². The lowest BCUT2D eigenvalue weighted by molar-refractivity contribution is -0.130. The van der Waals surface area contributed by atoms with Gasteiger partial charge in [-0.25, -0.2) is 9.97 Å². The number of nitrogens with two attached hydrogens (primary N) is 2. The van der Waals surface area contributed by atoms with Gasteiger partial charge in [0.05, 0.1) is 25.4 Å². The number of anilines is 2. The van der Waals surface area contributed by atoms with E-state index in [2.05, 4.69) is 25.9 Å². The van der Waals surface area contributed by atoms with Crippen molar-refractivity contribution >= 4 is 41.0 Å². The number of aliphatic hydroxyl groups is 10. The minimum atomic E-state index is -1.90. The number of hydrogen-bond acceptors (Lipinski definition) is 18. The van der Waals surface area contributed by atoms with Gasteiger partial charge < -0.3 is 73.2 Å². The minimum Gasteiger partial charge on any atom is -0.394 e. The van der Waals surface area contributed by atoms with Gasteiger partial charge in [0.25, 0.3) is 5.91 Å². The summed E-state index contributed by atoms with van der Waals surface area (Å²) in [4.78, 5) is 33.9. The van der Waals surface area contributed by atoms with Crippen molar-refractivity contribution in [3.63, 3.8) is 0 Å². The quantitative estimate of drug-likeness (QED) is 0.0215. The Balaban J connectivity index is 1.40. The molecule has 344 valence electrons. The average Bonchev–Trinajstić information content (AvgIpc) is 3.26. The number of amides is 2. The van der Waals surface area contributed by atoms with E-state index in [1.54, 1.807) is 0 Å². The van der Waals surface area contributed by atoms with E-state index in [1.165, 1.54) is 4.90 Å². The van der Waals surface area contributed by atoms with Crippen LogP contribution in [0.3, 0.4) is 0 Å². The number of unbranched alkanes of at least 4 members (excludes halogenated alkanes) is 1.